The summed E-state index contributed by atoms with van der Waals surface area (Å²) in [6, 6.07) is 2.93. The lowest BCUT2D eigenvalue weighted by Crippen LogP contribution is -2.07. The van der Waals surface area contributed by atoms with Gasteiger partial charge in [-0.2, -0.15) is 18.3 Å². The average molecular weight is 303 g/mol. The number of ether oxygens (including phenoxy) is 3. The summed E-state index contributed by atoms with van der Waals surface area (Å²) >= 11 is 0. The van der Waals surface area contributed by atoms with Crippen LogP contribution >= 0.6 is 0 Å². The van der Waals surface area contributed by atoms with Gasteiger partial charge in [-0.25, -0.2) is 4.98 Å². The molecule has 0 atom stereocenters. The van der Waals surface area contributed by atoms with E-state index in [0.29, 0.717) is 22.8 Å². The van der Waals surface area contributed by atoms with Crippen LogP contribution in [0.4, 0.5) is 13.2 Å². The Morgan fingerprint density at radius 2 is 1.57 bits per heavy atom. The zero-order valence-electron chi connectivity index (χ0n) is 11.4. The maximum absolute atomic E-state index is 12.5. The van der Waals surface area contributed by atoms with Gasteiger partial charge in [0.05, 0.1) is 21.3 Å². The van der Waals surface area contributed by atoms with E-state index in [-0.39, 0.29) is 5.82 Å². The molecule has 0 spiro atoms. The first-order chi connectivity index (χ1) is 9.90. The number of alkyl halides is 3. The van der Waals surface area contributed by atoms with E-state index in [1.54, 1.807) is 0 Å². The number of hydrogen-bond acceptors (Lipinski definition) is 5. The Bertz CT molecular complexity index is 615. The second-order valence-corrected chi connectivity index (χ2v) is 3.92. The molecule has 1 aromatic heterocycles. The van der Waals surface area contributed by atoms with Gasteiger partial charge in [-0.1, -0.05) is 0 Å². The van der Waals surface area contributed by atoms with Gasteiger partial charge in [0.25, 0.3) is 0 Å². The summed E-state index contributed by atoms with van der Waals surface area (Å²) < 4.78 is 52.9. The molecule has 0 unspecified atom stereocenters. The van der Waals surface area contributed by atoms with Crippen molar-refractivity contribution in [1.82, 2.24) is 15.2 Å². The molecule has 0 aliphatic heterocycles. The third-order valence-corrected chi connectivity index (χ3v) is 2.68. The van der Waals surface area contributed by atoms with Gasteiger partial charge in [0.1, 0.15) is 0 Å². The number of nitrogens with zero attached hydrogens (tertiary/aromatic N) is 2. The highest BCUT2D eigenvalue weighted by molar-refractivity contribution is 5.66. The Balaban J connectivity index is 2.51. The van der Waals surface area contributed by atoms with E-state index >= 15 is 0 Å². The first kappa shape index (κ1) is 14.9. The fraction of sp³-hybridized carbons (Fsp3) is 0.333. The summed E-state index contributed by atoms with van der Waals surface area (Å²) in [5.74, 6) is -0.376. The molecule has 1 N–H and O–H groups in total. The Morgan fingerprint density at radius 3 is 1.95 bits per heavy atom. The van der Waals surface area contributed by atoms with E-state index in [4.69, 9.17) is 14.2 Å². The van der Waals surface area contributed by atoms with Gasteiger partial charge in [-0.05, 0) is 12.1 Å². The van der Waals surface area contributed by atoms with Gasteiger partial charge in [0.2, 0.25) is 11.6 Å². The summed E-state index contributed by atoms with van der Waals surface area (Å²) in [5.41, 5.74) is 0.302. The largest absolute Gasteiger partial charge is 0.493 e. The molecular formula is C12H12F3N3O3. The van der Waals surface area contributed by atoms with Crippen molar-refractivity contribution in [2.24, 2.45) is 0 Å². The minimum absolute atomic E-state index is 0.124. The minimum atomic E-state index is -4.59. The number of H-pyrrole nitrogens is 1. The third-order valence-electron chi connectivity index (χ3n) is 2.68. The normalized spacial score (nSPS) is 11.3. The third kappa shape index (κ3) is 2.86. The second kappa shape index (κ2) is 5.51. The highest BCUT2D eigenvalue weighted by Crippen LogP contribution is 2.40. The van der Waals surface area contributed by atoms with Gasteiger partial charge < -0.3 is 14.2 Å². The molecule has 2 aromatic rings. The highest BCUT2D eigenvalue weighted by Gasteiger charge is 2.35. The lowest BCUT2D eigenvalue weighted by atomic mass is 10.1. The monoisotopic (exact) mass is 303 g/mol. The number of rotatable bonds is 4. The molecule has 21 heavy (non-hydrogen) atoms. The number of methoxy groups -OCH3 is 3. The molecule has 9 heteroatoms. The van der Waals surface area contributed by atoms with Crippen LogP contribution < -0.4 is 14.2 Å². The van der Waals surface area contributed by atoms with Crippen LogP contribution in [-0.4, -0.2) is 36.5 Å². The molecule has 114 valence electrons. The molecule has 0 amide bonds. The van der Waals surface area contributed by atoms with E-state index in [1.807, 2.05) is 5.10 Å². The molecule has 0 saturated carbocycles. The quantitative estimate of drug-likeness (QED) is 0.940. The minimum Gasteiger partial charge on any atom is -0.493 e. The molecule has 0 saturated heterocycles. The Kier molecular flexibility index (Phi) is 3.92. The predicted molar refractivity (Wildman–Crippen MR) is 66.5 cm³/mol. The Labute approximate surface area is 117 Å². The number of aromatic nitrogens is 3. The number of aromatic amines is 1. The van der Waals surface area contributed by atoms with Crippen LogP contribution in [0.5, 0.6) is 17.2 Å². The number of nitrogens with one attached hydrogen (secondary N) is 1. The molecule has 0 radical (unpaired) electrons. The van der Waals surface area contributed by atoms with E-state index in [1.165, 1.54) is 33.5 Å². The second-order valence-electron chi connectivity index (χ2n) is 3.92. The van der Waals surface area contributed by atoms with E-state index in [9.17, 15) is 13.2 Å². The maximum atomic E-state index is 12.5. The fourth-order valence-corrected chi connectivity index (χ4v) is 1.73. The molecule has 1 heterocycles. The number of halogens is 3. The zero-order valence-corrected chi connectivity index (χ0v) is 11.4. The molecule has 6 nitrogen and oxygen atoms in total. The van der Waals surface area contributed by atoms with Crippen molar-refractivity contribution in [3.05, 3.63) is 18.0 Å². The summed E-state index contributed by atoms with van der Waals surface area (Å²) in [6.45, 7) is 0. The molecule has 2 rings (SSSR count). The van der Waals surface area contributed by atoms with Crippen molar-refractivity contribution in [3.8, 4) is 28.6 Å². The van der Waals surface area contributed by atoms with Crippen molar-refractivity contribution in [1.29, 1.82) is 0 Å². The van der Waals surface area contributed by atoms with Crippen molar-refractivity contribution >= 4 is 0 Å². The van der Waals surface area contributed by atoms with E-state index in [0.717, 1.165) is 0 Å². The van der Waals surface area contributed by atoms with Crippen LogP contribution in [0.1, 0.15) is 5.82 Å². The lowest BCUT2D eigenvalue weighted by molar-refractivity contribution is -0.144. The number of hydrogen-bond donors (Lipinski definition) is 1. The van der Waals surface area contributed by atoms with Crippen molar-refractivity contribution < 1.29 is 27.4 Å². The van der Waals surface area contributed by atoms with Gasteiger partial charge in [-0.15, -0.1) is 0 Å². The lowest BCUT2D eigenvalue weighted by Gasteiger charge is -2.12. The maximum Gasteiger partial charge on any atom is 0.451 e. The van der Waals surface area contributed by atoms with Gasteiger partial charge in [0, 0.05) is 5.56 Å². The molecule has 0 fully saturated rings. The van der Waals surface area contributed by atoms with Crippen LogP contribution in [-0.2, 0) is 6.18 Å². The highest BCUT2D eigenvalue weighted by atomic mass is 19.4. The zero-order chi connectivity index (χ0) is 15.6. The SMILES string of the molecule is COc1cc(-c2n[nH]c(C(F)(F)F)n2)cc(OC)c1OC. The van der Waals surface area contributed by atoms with Crippen molar-refractivity contribution in [3.63, 3.8) is 0 Å². The Morgan fingerprint density at radius 1 is 1.00 bits per heavy atom. The van der Waals surface area contributed by atoms with Crippen LogP contribution in [0, 0.1) is 0 Å². The van der Waals surface area contributed by atoms with Gasteiger partial charge in [0.15, 0.2) is 17.3 Å². The van der Waals surface area contributed by atoms with Gasteiger partial charge >= 0.3 is 6.18 Å². The summed E-state index contributed by atoms with van der Waals surface area (Å²) in [7, 11) is 4.23. The summed E-state index contributed by atoms with van der Waals surface area (Å²) in [6.07, 6.45) is -4.59. The van der Waals surface area contributed by atoms with Crippen molar-refractivity contribution in [2.75, 3.05) is 21.3 Å². The molecule has 0 aliphatic rings. The van der Waals surface area contributed by atoms with Gasteiger partial charge in [-0.3, -0.25) is 5.10 Å². The topological polar surface area (TPSA) is 69.3 Å². The smallest absolute Gasteiger partial charge is 0.451 e. The average Bonchev–Trinajstić information content (AvgIpc) is 2.95. The Hall–Kier alpha value is -2.45. The van der Waals surface area contributed by atoms with E-state index in [2.05, 4.69) is 10.1 Å². The summed E-state index contributed by atoms with van der Waals surface area (Å²) in [5, 5.41) is 5.40. The standard InChI is InChI=1S/C12H12F3N3O3/c1-19-7-4-6(5-8(20-2)9(7)21-3)10-16-11(18-17-10)12(13,14)15/h4-5H,1-3H3,(H,16,17,18). The molecule has 0 aliphatic carbocycles. The number of benzene rings is 1. The summed E-state index contributed by atoms with van der Waals surface area (Å²) in [4.78, 5) is 3.41. The molecular weight excluding hydrogens is 291 g/mol. The van der Waals surface area contributed by atoms with Crippen LogP contribution in [0.25, 0.3) is 11.4 Å². The first-order valence-electron chi connectivity index (χ1n) is 5.70. The van der Waals surface area contributed by atoms with Crippen molar-refractivity contribution in [2.45, 2.75) is 6.18 Å². The van der Waals surface area contributed by atoms with Crippen LogP contribution in [0.3, 0.4) is 0 Å². The molecule has 0 bridgehead atoms. The predicted octanol–water partition coefficient (Wildman–Crippen LogP) is 2.52. The molecule has 1 aromatic carbocycles. The van der Waals surface area contributed by atoms with Crippen LogP contribution in [0.15, 0.2) is 12.1 Å². The van der Waals surface area contributed by atoms with E-state index < -0.39 is 12.0 Å². The van der Waals surface area contributed by atoms with Crippen LogP contribution in [0.2, 0.25) is 0 Å². The first-order valence-corrected chi connectivity index (χ1v) is 5.70. The fourth-order valence-electron chi connectivity index (χ4n) is 1.73.